The van der Waals surface area contributed by atoms with Crippen LogP contribution in [0.25, 0.3) is 10.9 Å². The van der Waals surface area contributed by atoms with Crippen molar-refractivity contribution in [1.82, 2.24) is 4.98 Å². The number of hydrogen-bond acceptors (Lipinski definition) is 5. The number of aromatic nitrogens is 1. The van der Waals surface area contributed by atoms with E-state index in [1.807, 2.05) is 65.0 Å². The maximum atomic E-state index is 12.4. The Labute approximate surface area is 160 Å². The number of benzene rings is 1. The molecule has 0 spiro atoms. The molecule has 0 unspecified atom stereocenters. The Balaban J connectivity index is 2.41. The van der Waals surface area contributed by atoms with Crippen LogP contribution in [0, 0.1) is 0 Å². The molecule has 27 heavy (non-hydrogen) atoms. The molecule has 0 bridgehead atoms. The number of pyridine rings is 1. The molecule has 0 saturated carbocycles. The maximum absolute atomic E-state index is 12.4. The molecule has 1 aromatic heterocycles. The normalized spacial score (nSPS) is 10.3. The molecule has 0 radical (unpaired) electrons. The number of carbonyl (C=O) groups is 1. The van der Waals surface area contributed by atoms with Gasteiger partial charge in [-0.25, -0.2) is 9.78 Å². The van der Waals surface area contributed by atoms with Gasteiger partial charge in [-0.1, -0.05) is 17.2 Å². The molecule has 5 nitrogen and oxygen atoms in total. The topological polar surface area (TPSA) is 57.7 Å². The lowest BCUT2D eigenvalue weighted by Crippen LogP contribution is -2.09. The summed E-state index contributed by atoms with van der Waals surface area (Å²) in [6, 6.07) is 7.25. The lowest BCUT2D eigenvalue weighted by Gasteiger charge is -2.13. The van der Waals surface area contributed by atoms with Gasteiger partial charge in [-0.05, 0) is 58.9 Å². The number of ether oxygens (including phenoxy) is 3. The van der Waals surface area contributed by atoms with Gasteiger partial charge in [0.2, 0.25) is 0 Å². The van der Waals surface area contributed by atoms with Crippen LogP contribution in [0.1, 0.15) is 45.1 Å². The van der Waals surface area contributed by atoms with Crippen LogP contribution >= 0.6 is 0 Å². The molecule has 1 aromatic carbocycles. The van der Waals surface area contributed by atoms with Crippen LogP contribution in [-0.2, 0) is 4.74 Å². The quantitative estimate of drug-likeness (QED) is 0.478. The third kappa shape index (κ3) is 5.84. The zero-order valence-corrected chi connectivity index (χ0v) is 16.7. The van der Waals surface area contributed by atoms with Gasteiger partial charge in [0.25, 0.3) is 0 Å². The SMILES string of the molecule is CCOc1cc(C(=O)OCC=C(C)C)nc2c(OCC=C(C)C)cccc12. The van der Waals surface area contributed by atoms with Crippen molar-refractivity contribution in [2.24, 2.45) is 0 Å². The van der Waals surface area contributed by atoms with Crippen molar-refractivity contribution in [1.29, 1.82) is 0 Å². The fourth-order valence-electron chi connectivity index (χ4n) is 2.34. The van der Waals surface area contributed by atoms with Gasteiger partial charge in [0.1, 0.15) is 30.2 Å². The van der Waals surface area contributed by atoms with Crippen molar-refractivity contribution in [2.75, 3.05) is 19.8 Å². The van der Waals surface area contributed by atoms with E-state index >= 15 is 0 Å². The van der Waals surface area contributed by atoms with E-state index < -0.39 is 5.97 Å². The number of rotatable bonds is 8. The molecular weight excluding hydrogens is 342 g/mol. The highest BCUT2D eigenvalue weighted by atomic mass is 16.5. The summed E-state index contributed by atoms with van der Waals surface area (Å²) in [4.78, 5) is 16.9. The largest absolute Gasteiger partial charge is 0.493 e. The standard InChI is InChI=1S/C22H27NO4/c1-6-25-20-14-18(22(24)27-13-11-16(4)5)23-21-17(20)8-7-9-19(21)26-12-10-15(2)3/h7-11,14H,6,12-13H2,1-5H3. The Morgan fingerprint density at radius 2 is 1.70 bits per heavy atom. The smallest absolute Gasteiger partial charge is 0.357 e. The first-order valence-electron chi connectivity index (χ1n) is 9.05. The first-order chi connectivity index (χ1) is 12.9. The molecule has 0 aliphatic carbocycles. The Morgan fingerprint density at radius 1 is 1.00 bits per heavy atom. The first kappa shape index (κ1) is 20.5. The van der Waals surface area contributed by atoms with E-state index in [2.05, 4.69) is 4.98 Å². The van der Waals surface area contributed by atoms with Crippen LogP contribution < -0.4 is 9.47 Å². The van der Waals surface area contributed by atoms with Gasteiger partial charge in [-0.3, -0.25) is 0 Å². The average Bonchev–Trinajstić information content (AvgIpc) is 2.61. The molecule has 5 heteroatoms. The van der Waals surface area contributed by atoms with E-state index in [0.29, 0.717) is 30.2 Å². The summed E-state index contributed by atoms with van der Waals surface area (Å²) in [7, 11) is 0. The second-order valence-electron chi connectivity index (χ2n) is 6.56. The minimum atomic E-state index is -0.491. The Kier molecular flexibility index (Phi) is 7.41. The van der Waals surface area contributed by atoms with Gasteiger partial charge in [-0.2, -0.15) is 0 Å². The molecule has 0 aliphatic rings. The van der Waals surface area contributed by atoms with Crippen molar-refractivity contribution >= 4 is 16.9 Å². The van der Waals surface area contributed by atoms with Crippen molar-refractivity contribution in [3.05, 3.63) is 53.3 Å². The summed E-state index contributed by atoms with van der Waals surface area (Å²) in [5.41, 5.74) is 3.03. The number of carbonyl (C=O) groups excluding carboxylic acids is 1. The summed E-state index contributed by atoms with van der Waals surface area (Å²) >= 11 is 0. The highest BCUT2D eigenvalue weighted by Gasteiger charge is 2.16. The second-order valence-corrected chi connectivity index (χ2v) is 6.56. The Bertz CT molecular complexity index is 860. The van der Waals surface area contributed by atoms with Crippen LogP contribution in [0.3, 0.4) is 0 Å². The molecule has 0 aliphatic heterocycles. The summed E-state index contributed by atoms with van der Waals surface area (Å²) < 4.78 is 16.9. The summed E-state index contributed by atoms with van der Waals surface area (Å²) in [6.07, 6.45) is 3.83. The summed E-state index contributed by atoms with van der Waals surface area (Å²) in [5, 5.41) is 0.799. The summed E-state index contributed by atoms with van der Waals surface area (Å²) in [6.45, 7) is 10.9. The molecule has 0 atom stereocenters. The van der Waals surface area contributed by atoms with Crippen LogP contribution in [0.15, 0.2) is 47.6 Å². The Morgan fingerprint density at radius 3 is 2.37 bits per heavy atom. The van der Waals surface area contributed by atoms with Gasteiger partial charge >= 0.3 is 5.97 Å². The van der Waals surface area contributed by atoms with Gasteiger partial charge < -0.3 is 14.2 Å². The molecule has 1 heterocycles. The lowest BCUT2D eigenvalue weighted by atomic mass is 10.1. The Hall–Kier alpha value is -2.82. The number of hydrogen-bond donors (Lipinski definition) is 0. The molecule has 0 N–H and O–H groups in total. The minimum absolute atomic E-state index is 0.200. The number of nitrogens with zero attached hydrogens (tertiary/aromatic N) is 1. The fraction of sp³-hybridized carbons (Fsp3) is 0.364. The van der Waals surface area contributed by atoms with Crippen molar-refractivity contribution in [3.63, 3.8) is 0 Å². The van der Waals surface area contributed by atoms with Gasteiger partial charge in [0.05, 0.1) is 6.61 Å². The first-order valence-corrected chi connectivity index (χ1v) is 9.05. The molecule has 2 aromatic rings. The average molecular weight is 369 g/mol. The second kappa shape index (κ2) is 9.76. The monoisotopic (exact) mass is 369 g/mol. The van der Waals surface area contributed by atoms with Crippen LogP contribution in [-0.4, -0.2) is 30.8 Å². The third-order valence-electron chi connectivity index (χ3n) is 3.71. The molecule has 0 amide bonds. The van der Waals surface area contributed by atoms with E-state index in [1.165, 1.54) is 5.57 Å². The fourth-order valence-corrected chi connectivity index (χ4v) is 2.34. The lowest BCUT2D eigenvalue weighted by molar-refractivity contribution is 0.0542. The minimum Gasteiger partial charge on any atom is -0.493 e. The molecule has 144 valence electrons. The van der Waals surface area contributed by atoms with Crippen LogP contribution in [0.5, 0.6) is 11.5 Å². The van der Waals surface area contributed by atoms with Crippen molar-refractivity contribution in [2.45, 2.75) is 34.6 Å². The zero-order chi connectivity index (χ0) is 19.8. The third-order valence-corrected chi connectivity index (χ3v) is 3.71. The number of para-hydroxylation sites is 1. The van der Waals surface area contributed by atoms with Gasteiger partial charge in [-0.15, -0.1) is 0 Å². The van der Waals surface area contributed by atoms with Crippen molar-refractivity contribution in [3.8, 4) is 11.5 Å². The zero-order valence-electron chi connectivity index (χ0n) is 16.7. The van der Waals surface area contributed by atoms with E-state index in [4.69, 9.17) is 14.2 Å². The van der Waals surface area contributed by atoms with Crippen LogP contribution in [0.4, 0.5) is 0 Å². The summed E-state index contributed by atoms with van der Waals surface area (Å²) in [5.74, 6) is 0.698. The number of fused-ring (bicyclic) bond motifs is 1. The number of allylic oxidation sites excluding steroid dienone is 2. The highest BCUT2D eigenvalue weighted by Crippen LogP contribution is 2.32. The van der Waals surface area contributed by atoms with E-state index in [0.717, 1.165) is 11.0 Å². The number of esters is 1. The van der Waals surface area contributed by atoms with E-state index in [9.17, 15) is 4.79 Å². The maximum Gasteiger partial charge on any atom is 0.357 e. The molecule has 2 rings (SSSR count). The van der Waals surface area contributed by atoms with Crippen LogP contribution in [0.2, 0.25) is 0 Å². The van der Waals surface area contributed by atoms with E-state index in [-0.39, 0.29) is 12.3 Å². The predicted octanol–water partition coefficient (Wildman–Crippen LogP) is 5.10. The molecule has 0 saturated heterocycles. The van der Waals surface area contributed by atoms with Gasteiger partial charge in [0, 0.05) is 11.5 Å². The predicted molar refractivity (Wildman–Crippen MR) is 108 cm³/mol. The molecule has 0 fully saturated rings. The highest BCUT2D eigenvalue weighted by molar-refractivity contribution is 5.96. The van der Waals surface area contributed by atoms with E-state index in [1.54, 1.807) is 6.07 Å². The van der Waals surface area contributed by atoms with Crippen molar-refractivity contribution < 1.29 is 19.0 Å². The van der Waals surface area contributed by atoms with Gasteiger partial charge in [0.15, 0.2) is 5.69 Å². The molecular formula is C22H27NO4.